The molecule has 0 aromatic heterocycles. The Labute approximate surface area is 221 Å². The van der Waals surface area contributed by atoms with Crippen LogP contribution in [-0.4, -0.2) is 59.1 Å². The number of aliphatic hydroxyl groups excluding tert-OH is 1. The van der Waals surface area contributed by atoms with Crippen molar-refractivity contribution in [3.63, 3.8) is 0 Å². The molecule has 0 radical (unpaired) electrons. The summed E-state index contributed by atoms with van der Waals surface area (Å²) in [6.45, 7) is 8.20. The Bertz CT molecular complexity index is 925. The summed E-state index contributed by atoms with van der Waals surface area (Å²) in [4.78, 5) is 41.0. The van der Waals surface area contributed by atoms with E-state index in [9.17, 15) is 19.5 Å². The van der Waals surface area contributed by atoms with E-state index >= 15 is 0 Å². The predicted molar refractivity (Wildman–Crippen MR) is 143 cm³/mol. The van der Waals surface area contributed by atoms with Crippen molar-refractivity contribution in [3.05, 3.63) is 61.2 Å². The quantitative estimate of drug-likeness (QED) is 0.292. The van der Waals surface area contributed by atoms with Gasteiger partial charge in [-0.2, -0.15) is 0 Å². The van der Waals surface area contributed by atoms with Crippen LogP contribution in [0, 0.1) is 11.8 Å². The van der Waals surface area contributed by atoms with E-state index < -0.39 is 11.5 Å². The second-order valence-electron chi connectivity index (χ2n) is 10.5. The van der Waals surface area contributed by atoms with E-state index in [1.807, 2.05) is 30.3 Å². The molecule has 1 aromatic carbocycles. The molecule has 1 saturated carbocycles. The lowest BCUT2D eigenvalue weighted by Crippen LogP contribution is -2.50. The van der Waals surface area contributed by atoms with E-state index in [2.05, 4.69) is 18.5 Å². The molecule has 1 aromatic rings. The first-order valence-corrected chi connectivity index (χ1v) is 13.6. The standard InChI is InChI=1S/C30H42N2O5/c1-3-11-24(20-27(34)31-30(22-33)16-8-9-17-30)28(35)32-18-10-15-26(32)21-37-29(36)25(12-4-2)19-23-13-6-5-7-14-23/h3-7,13-14,24-26,33H,1-2,8-12,15-22H2,(H,31,34)/t24-,25-,26+/m1/s1. The first-order chi connectivity index (χ1) is 17.9. The van der Waals surface area contributed by atoms with Crippen molar-refractivity contribution in [2.24, 2.45) is 11.8 Å². The number of esters is 1. The zero-order valence-corrected chi connectivity index (χ0v) is 21.9. The van der Waals surface area contributed by atoms with E-state index in [4.69, 9.17) is 4.74 Å². The smallest absolute Gasteiger partial charge is 0.309 e. The molecule has 1 saturated heterocycles. The zero-order chi connectivity index (χ0) is 26.7. The molecule has 202 valence electrons. The van der Waals surface area contributed by atoms with Crippen molar-refractivity contribution in [2.45, 2.75) is 75.8 Å². The van der Waals surface area contributed by atoms with E-state index in [1.165, 1.54) is 0 Å². The second kappa shape index (κ2) is 14.1. The fraction of sp³-hybridized carbons (Fsp3) is 0.567. The lowest BCUT2D eigenvalue weighted by Gasteiger charge is -2.31. The molecule has 3 atom stereocenters. The third-order valence-corrected chi connectivity index (χ3v) is 7.69. The maximum atomic E-state index is 13.5. The molecule has 0 bridgehead atoms. The van der Waals surface area contributed by atoms with Crippen LogP contribution in [0.25, 0.3) is 0 Å². The topological polar surface area (TPSA) is 95.9 Å². The van der Waals surface area contributed by atoms with E-state index in [1.54, 1.807) is 17.1 Å². The van der Waals surface area contributed by atoms with Crippen LogP contribution in [0.5, 0.6) is 0 Å². The molecule has 2 aliphatic rings. The number of amides is 2. The molecule has 7 nitrogen and oxygen atoms in total. The van der Waals surface area contributed by atoms with Gasteiger partial charge in [0.15, 0.2) is 0 Å². The van der Waals surface area contributed by atoms with Gasteiger partial charge in [-0.15, -0.1) is 13.2 Å². The SMILES string of the molecule is C=CC[C@H](Cc1ccccc1)C(=O)OC[C@@H]1CCCN1C(=O)[C@H](CC=C)CC(=O)NC1(CO)CCCC1. The molecule has 7 heteroatoms. The maximum Gasteiger partial charge on any atom is 0.309 e. The Balaban J connectivity index is 1.57. The normalized spacial score (nSPS) is 20.1. The van der Waals surface area contributed by atoms with Crippen molar-refractivity contribution in [3.8, 4) is 0 Å². The summed E-state index contributed by atoms with van der Waals surface area (Å²) in [6, 6.07) is 9.62. The van der Waals surface area contributed by atoms with Gasteiger partial charge >= 0.3 is 5.97 Å². The molecule has 0 spiro atoms. The highest BCUT2D eigenvalue weighted by Crippen LogP contribution is 2.30. The minimum absolute atomic E-state index is 0.0497. The lowest BCUT2D eigenvalue weighted by molar-refractivity contribution is -0.152. The summed E-state index contributed by atoms with van der Waals surface area (Å²) in [7, 11) is 0. The van der Waals surface area contributed by atoms with Gasteiger partial charge < -0.3 is 20.1 Å². The van der Waals surface area contributed by atoms with Crippen LogP contribution < -0.4 is 5.32 Å². The van der Waals surface area contributed by atoms with Crippen molar-refractivity contribution < 1.29 is 24.2 Å². The molecular formula is C30H42N2O5. The molecule has 1 aliphatic carbocycles. The van der Waals surface area contributed by atoms with Crippen molar-refractivity contribution in [1.82, 2.24) is 10.2 Å². The fourth-order valence-electron chi connectivity index (χ4n) is 5.61. The van der Waals surface area contributed by atoms with Gasteiger partial charge in [-0.25, -0.2) is 0 Å². The van der Waals surface area contributed by atoms with Crippen LogP contribution in [0.15, 0.2) is 55.6 Å². The number of carbonyl (C=O) groups is 3. The Hall–Kier alpha value is -2.93. The van der Waals surface area contributed by atoms with Crippen LogP contribution >= 0.6 is 0 Å². The van der Waals surface area contributed by atoms with Crippen LogP contribution in [0.4, 0.5) is 0 Å². The number of nitrogens with zero attached hydrogens (tertiary/aromatic N) is 1. The number of carbonyl (C=O) groups excluding carboxylic acids is 3. The van der Waals surface area contributed by atoms with Crippen LogP contribution in [0.2, 0.25) is 0 Å². The second-order valence-corrected chi connectivity index (χ2v) is 10.5. The number of hydrogen-bond donors (Lipinski definition) is 2. The lowest BCUT2D eigenvalue weighted by atomic mass is 9.95. The van der Waals surface area contributed by atoms with E-state index in [0.717, 1.165) is 44.1 Å². The van der Waals surface area contributed by atoms with Gasteiger partial charge in [0.25, 0.3) is 0 Å². The Morgan fingerprint density at radius 3 is 2.41 bits per heavy atom. The molecule has 3 rings (SSSR count). The number of benzene rings is 1. The third kappa shape index (κ3) is 8.03. The number of rotatable bonds is 14. The first kappa shape index (κ1) is 28.6. The number of hydrogen-bond acceptors (Lipinski definition) is 5. The molecule has 1 aliphatic heterocycles. The first-order valence-electron chi connectivity index (χ1n) is 13.6. The molecular weight excluding hydrogens is 468 g/mol. The molecule has 0 unspecified atom stereocenters. The highest BCUT2D eigenvalue weighted by molar-refractivity contribution is 5.86. The maximum absolute atomic E-state index is 13.5. The summed E-state index contributed by atoms with van der Waals surface area (Å²) in [5.41, 5.74) is 0.500. The largest absolute Gasteiger partial charge is 0.463 e. The highest BCUT2D eigenvalue weighted by Gasteiger charge is 2.38. The minimum atomic E-state index is -0.565. The fourth-order valence-corrected chi connectivity index (χ4v) is 5.61. The number of ether oxygens (including phenoxy) is 1. The molecule has 2 fully saturated rings. The molecule has 1 heterocycles. The van der Waals surface area contributed by atoms with E-state index in [0.29, 0.717) is 25.8 Å². The van der Waals surface area contributed by atoms with Gasteiger partial charge in [0, 0.05) is 13.0 Å². The van der Waals surface area contributed by atoms with Gasteiger partial charge in [0.05, 0.1) is 30.0 Å². The highest BCUT2D eigenvalue weighted by atomic mass is 16.5. The van der Waals surface area contributed by atoms with Gasteiger partial charge in [-0.1, -0.05) is 55.3 Å². The number of nitrogens with one attached hydrogen (secondary N) is 1. The molecule has 37 heavy (non-hydrogen) atoms. The predicted octanol–water partition coefficient (Wildman–Crippen LogP) is 3.96. The van der Waals surface area contributed by atoms with Crippen LogP contribution in [0.1, 0.15) is 63.4 Å². The third-order valence-electron chi connectivity index (χ3n) is 7.69. The van der Waals surface area contributed by atoms with E-state index in [-0.39, 0.29) is 49.4 Å². The minimum Gasteiger partial charge on any atom is -0.463 e. The summed E-state index contributed by atoms with van der Waals surface area (Å²) >= 11 is 0. The summed E-state index contributed by atoms with van der Waals surface area (Å²) in [5.74, 6) is -1.46. The Morgan fingerprint density at radius 1 is 1.08 bits per heavy atom. The summed E-state index contributed by atoms with van der Waals surface area (Å²) in [6.07, 6.45) is 9.98. The summed E-state index contributed by atoms with van der Waals surface area (Å²) < 4.78 is 5.72. The Kier molecular flexibility index (Phi) is 10.9. The van der Waals surface area contributed by atoms with Crippen molar-refractivity contribution in [1.29, 1.82) is 0 Å². The molecule has 2 amide bonds. The van der Waals surface area contributed by atoms with Gasteiger partial charge in [0.2, 0.25) is 11.8 Å². The van der Waals surface area contributed by atoms with Crippen molar-refractivity contribution in [2.75, 3.05) is 19.8 Å². The average molecular weight is 511 g/mol. The summed E-state index contributed by atoms with van der Waals surface area (Å²) in [5, 5.41) is 12.8. The number of aliphatic hydroxyl groups is 1. The van der Waals surface area contributed by atoms with Crippen molar-refractivity contribution >= 4 is 17.8 Å². The number of likely N-dealkylation sites (tertiary alicyclic amines) is 1. The average Bonchev–Trinajstić information content (AvgIpc) is 3.57. The Morgan fingerprint density at radius 2 is 1.76 bits per heavy atom. The number of allylic oxidation sites excluding steroid dienone is 2. The van der Waals surface area contributed by atoms with Crippen LogP contribution in [0.3, 0.4) is 0 Å². The zero-order valence-electron chi connectivity index (χ0n) is 21.9. The van der Waals surface area contributed by atoms with Gasteiger partial charge in [-0.3, -0.25) is 14.4 Å². The van der Waals surface area contributed by atoms with Gasteiger partial charge in [-0.05, 0) is 50.5 Å². The molecule has 2 N–H and O–H groups in total. The van der Waals surface area contributed by atoms with Gasteiger partial charge in [0.1, 0.15) is 6.61 Å². The monoisotopic (exact) mass is 510 g/mol. The van der Waals surface area contributed by atoms with Crippen LogP contribution in [-0.2, 0) is 25.5 Å².